The van der Waals surface area contributed by atoms with Gasteiger partial charge in [0.05, 0.1) is 5.56 Å². The Morgan fingerprint density at radius 1 is 1.41 bits per heavy atom. The number of halogens is 1. The van der Waals surface area contributed by atoms with Crippen molar-refractivity contribution in [1.29, 1.82) is 0 Å². The quantitative estimate of drug-likeness (QED) is 0.857. The molecular formula is C14H18FNO. The fourth-order valence-electron chi connectivity index (χ4n) is 2.36. The Kier molecular flexibility index (Phi) is 3.77. The van der Waals surface area contributed by atoms with Crippen LogP contribution in [0.2, 0.25) is 0 Å². The summed E-state index contributed by atoms with van der Waals surface area (Å²) in [5.74, 6) is -0.163. The maximum Gasteiger partial charge on any atom is 0.254 e. The van der Waals surface area contributed by atoms with Gasteiger partial charge in [-0.1, -0.05) is 24.5 Å². The molecule has 1 aromatic carbocycles. The molecule has 1 aliphatic carbocycles. The first-order valence-electron chi connectivity index (χ1n) is 6.21. The summed E-state index contributed by atoms with van der Waals surface area (Å²) in [5.41, 5.74) is 1.06. The Morgan fingerprint density at radius 3 is 2.82 bits per heavy atom. The SMILES string of the molecule is Cc1ccc(F)c(C(=O)NCC2CCCC2)c1. The Hall–Kier alpha value is -1.38. The zero-order chi connectivity index (χ0) is 12.3. The highest BCUT2D eigenvalue weighted by molar-refractivity contribution is 5.94. The molecule has 1 aliphatic rings. The van der Waals surface area contributed by atoms with Gasteiger partial charge < -0.3 is 5.32 Å². The van der Waals surface area contributed by atoms with Gasteiger partial charge in [-0.3, -0.25) is 4.79 Å². The van der Waals surface area contributed by atoms with Crippen molar-refractivity contribution in [2.45, 2.75) is 32.6 Å². The summed E-state index contributed by atoms with van der Waals surface area (Å²) < 4.78 is 13.5. The van der Waals surface area contributed by atoms with Crippen molar-refractivity contribution in [3.63, 3.8) is 0 Å². The van der Waals surface area contributed by atoms with E-state index < -0.39 is 5.82 Å². The van der Waals surface area contributed by atoms with Crippen molar-refractivity contribution in [2.75, 3.05) is 6.54 Å². The van der Waals surface area contributed by atoms with E-state index in [-0.39, 0.29) is 11.5 Å². The van der Waals surface area contributed by atoms with Crippen molar-refractivity contribution in [3.05, 3.63) is 35.1 Å². The van der Waals surface area contributed by atoms with Crippen LogP contribution in [0.15, 0.2) is 18.2 Å². The molecule has 2 nitrogen and oxygen atoms in total. The van der Waals surface area contributed by atoms with Gasteiger partial charge in [-0.2, -0.15) is 0 Å². The van der Waals surface area contributed by atoms with Crippen LogP contribution in [0.5, 0.6) is 0 Å². The van der Waals surface area contributed by atoms with E-state index in [1.165, 1.54) is 31.7 Å². The lowest BCUT2D eigenvalue weighted by atomic mass is 10.1. The summed E-state index contributed by atoms with van der Waals surface area (Å²) >= 11 is 0. The lowest BCUT2D eigenvalue weighted by Gasteiger charge is -2.11. The van der Waals surface area contributed by atoms with Gasteiger partial charge >= 0.3 is 0 Å². The highest BCUT2D eigenvalue weighted by Gasteiger charge is 2.17. The fraction of sp³-hybridized carbons (Fsp3) is 0.500. The summed E-state index contributed by atoms with van der Waals surface area (Å²) in [6, 6.07) is 4.61. The normalized spacial score (nSPS) is 16.1. The van der Waals surface area contributed by atoms with Gasteiger partial charge in [0.2, 0.25) is 0 Å². The van der Waals surface area contributed by atoms with Crippen molar-refractivity contribution in [2.24, 2.45) is 5.92 Å². The molecule has 1 amide bonds. The van der Waals surface area contributed by atoms with Crippen LogP contribution in [-0.2, 0) is 0 Å². The molecule has 0 aromatic heterocycles. The molecule has 17 heavy (non-hydrogen) atoms. The summed E-state index contributed by atoms with van der Waals surface area (Å²) in [7, 11) is 0. The molecule has 3 heteroatoms. The smallest absolute Gasteiger partial charge is 0.254 e. The van der Waals surface area contributed by atoms with Gasteiger partial charge in [0, 0.05) is 6.54 Å². The van der Waals surface area contributed by atoms with Crippen LogP contribution < -0.4 is 5.32 Å². The van der Waals surface area contributed by atoms with E-state index in [4.69, 9.17) is 0 Å². The van der Waals surface area contributed by atoms with E-state index >= 15 is 0 Å². The van der Waals surface area contributed by atoms with Gasteiger partial charge in [-0.15, -0.1) is 0 Å². The Morgan fingerprint density at radius 2 is 2.12 bits per heavy atom. The van der Waals surface area contributed by atoms with Crippen LogP contribution in [0.3, 0.4) is 0 Å². The molecule has 0 unspecified atom stereocenters. The first kappa shape index (κ1) is 12.1. The first-order chi connectivity index (χ1) is 8.16. The Bertz CT molecular complexity index is 411. The second-order valence-electron chi connectivity index (χ2n) is 4.84. The van der Waals surface area contributed by atoms with Gasteiger partial charge in [0.1, 0.15) is 5.82 Å². The predicted octanol–water partition coefficient (Wildman–Crippen LogP) is 3.05. The summed E-state index contributed by atoms with van der Waals surface area (Å²) in [4.78, 5) is 11.8. The van der Waals surface area contributed by atoms with Crippen LogP contribution in [0.4, 0.5) is 4.39 Å². The third-order valence-electron chi connectivity index (χ3n) is 3.39. The monoisotopic (exact) mass is 235 g/mol. The number of hydrogen-bond acceptors (Lipinski definition) is 1. The number of nitrogens with one attached hydrogen (secondary N) is 1. The van der Waals surface area contributed by atoms with Crippen molar-refractivity contribution >= 4 is 5.91 Å². The zero-order valence-corrected chi connectivity index (χ0v) is 10.1. The molecule has 0 heterocycles. The largest absolute Gasteiger partial charge is 0.352 e. The molecular weight excluding hydrogens is 217 g/mol. The van der Waals surface area contributed by atoms with E-state index in [2.05, 4.69) is 5.32 Å². The van der Waals surface area contributed by atoms with E-state index in [0.29, 0.717) is 12.5 Å². The minimum atomic E-state index is -0.445. The maximum absolute atomic E-state index is 13.5. The number of benzene rings is 1. The number of carbonyl (C=O) groups excluding carboxylic acids is 1. The standard InChI is InChI=1S/C14H18FNO/c1-10-6-7-13(15)12(8-10)14(17)16-9-11-4-2-3-5-11/h6-8,11H,2-5,9H2,1H3,(H,16,17). The van der Waals surface area contributed by atoms with E-state index in [1.54, 1.807) is 12.1 Å². The predicted molar refractivity (Wildman–Crippen MR) is 65.4 cm³/mol. The maximum atomic E-state index is 13.5. The molecule has 0 spiro atoms. The van der Waals surface area contributed by atoms with Crippen molar-refractivity contribution in [1.82, 2.24) is 5.32 Å². The average molecular weight is 235 g/mol. The van der Waals surface area contributed by atoms with Crippen molar-refractivity contribution < 1.29 is 9.18 Å². The number of carbonyl (C=O) groups is 1. The number of hydrogen-bond donors (Lipinski definition) is 1. The van der Waals surface area contributed by atoms with Crippen LogP contribution in [0, 0.1) is 18.7 Å². The number of rotatable bonds is 3. The lowest BCUT2D eigenvalue weighted by Crippen LogP contribution is -2.29. The van der Waals surface area contributed by atoms with Gasteiger partial charge in [-0.25, -0.2) is 4.39 Å². The molecule has 2 rings (SSSR count). The summed E-state index contributed by atoms with van der Waals surface area (Å²) in [6.07, 6.45) is 4.85. The fourth-order valence-corrected chi connectivity index (χ4v) is 2.36. The average Bonchev–Trinajstić information content (AvgIpc) is 2.82. The molecule has 0 aliphatic heterocycles. The van der Waals surface area contributed by atoms with Gasteiger partial charge in [0.15, 0.2) is 0 Å². The van der Waals surface area contributed by atoms with Crippen LogP contribution in [0.25, 0.3) is 0 Å². The van der Waals surface area contributed by atoms with Gasteiger partial charge in [-0.05, 0) is 37.8 Å². The first-order valence-corrected chi connectivity index (χ1v) is 6.21. The van der Waals surface area contributed by atoms with Crippen molar-refractivity contribution in [3.8, 4) is 0 Å². The molecule has 92 valence electrons. The minimum absolute atomic E-state index is 0.156. The Labute approximate surface area is 101 Å². The minimum Gasteiger partial charge on any atom is -0.352 e. The molecule has 0 saturated heterocycles. The summed E-state index contributed by atoms with van der Waals surface area (Å²) in [5, 5.41) is 2.83. The molecule has 0 radical (unpaired) electrons. The second kappa shape index (κ2) is 5.30. The van der Waals surface area contributed by atoms with Crippen LogP contribution in [0.1, 0.15) is 41.6 Å². The zero-order valence-electron chi connectivity index (χ0n) is 10.1. The van der Waals surface area contributed by atoms with E-state index in [0.717, 1.165) is 5.56 Å². The second-order valence-corrected chi connectivity index (χ2v) is 4.84. The molecule has 1 fully saturated rings. The third kappa shape index (κ3) is 3.05. The molecule has 1 aromatic rings. The lowest BCUT2D eigenvalue weighted by molar-refractivity contribution is 0.0943. The van der Waals surface area contributed by atoms with Crippen LogP contribution in [-0.4, -0.2) is 12.5 Å². The molecule has 0 bridgehead atoms. The number of amides is 1. The van der Waals surface area contributed by atoms with E-state index in [1.807, 2.05) is 6.92 Å². The highest BCUT2D eigenvalue weighted by atomic mass is 19.1. The van der Waals surface area contributed by atoms with E-state index in [9.17, 15) is 9.18 Å². The van der Waals surface area contributed by atoms with Gasteiger partial charge in [0.25, 0.3) is 5.91 Å². The molecule has 1 N–H and O–H groups in total. The van der Waals surface area contributed by atoms with Crippen LogP contribution >= 0.6 is 0 Å². The number of aryl methyl sites for hydroxylation is 1. The molecule has 1 saturated carbocycles. The third-order valence-corrected chi connectivity index (χ3v) is 3.39. The highest BCUT2D eigenvalue weighted by Crippen LogP contribution is 2.23. The Balaban J connectivity index is 1.96. The summed E-state index contributed by atoms with van der Waals surface area (Å²) in [6.45, 7) is 2.53. The topological polar surface area (TPSA) is 29.1 Å². The molecule has 0 atom stereocenters.